The molecule has 2 aromatic carbocycles. The molecule has 0 spiro atoms. The maximum Gasteiger partial charge on any atom is 0.171 e. The van der Waals surface area contributed by atoms with Gasteiger partial charge in [-0.05, 0) is 36.8 Å². The molecule has 1 aliphatic heterocycles. The summed E-state index contributed by atoms with van der Waals surface area (Å²) in [5.74, 6) is 0.925. The van der Waals surface area contributed by atoms with Gasteiger partial charge in [-0.2, -0.15) is 0 Å². The summed E-state index contributed by atoms with van der Waals surface area (Å²) in [7, 11) is 2.16. The third-order valence-corrected chi connectivity index (χ3v) is 6.12. The van der Waals surface area contributed by atoms with E-state index in [0.717, 1.165) is 60.7 Å². The van der Waals surface area contributed by atoms with E-state index < -0.39 is 0 Å². The fourth-order valence-electron chi connectivity index (χ4n) is 4.18. The van der Waals surface area contributed by atoms with Gasteiger partial charge in [-0.15, -0.1) is 0 Å². The third kappa shape index (κ3) is 4.00. The van der Waals surface area contributed by atoms with Gasteiger partial charge in [0.05, 0.1) is 5.57 Å². The van der Waals surface area contributed by atoms with E-state index in [2.05, 4.69) is 48.9 Å². The van der Waals surface area contributed by atoms with Crippen molar-refractivity contribution in [1.82, 2.24) is 9.80 Å². The van der Waals surface area contributed by atoms with Crippen molar-refractivity contribution in [3.63, 3.8) is 0 Å². The summed E-state index contributed by atoms with van der Waals surface area (Å²) in [6.07, 6.45) is 0.476. The Morgan fingerprint density at radius 3 is 2.59 bits per heavy atom. The van der Waals surface area contributed by atoms with Crippen molar-refractivity contribution in [2.75, 3.05) is 33.2 Å². The fourth-order valence-corrected chi connectivity index (χ4v) is 4.18. The number of nitrogens with zero attached hydrogens (tertiary/aromatic N) is 2. The highest BCUT2D eigenvalue weighted by atomic mass is 16.5. The Morgan fingerprint density at radius 2 is 1.79 bits per heavy atom. The number of rotatable bonds is 7. The number of ether oxygens (including phenoxy) is 1. The Bertz CT molecular complexity index is 948. The summed E-state index contributed by atoms with van der Waals surface area (Å²) in [6, 6.07) is 14.6. The second kappa shape index (κ2) is 8.52. The zero-order valence-corrected chi connectivity index (χ0v) is 17.7. The van der Waals surface area contributed by atoms with Crippen LogP contribution in [-0.4, -0.2) is 48.8 Å². The zero-order chi connectivity index (χ0) is 20.4. The number of Topliss-reactive ketones (excluding diaryl/α,β-unsaturated/α-hetero) is 1. The molecule has 1 heterocycles. The average molecular weight is 391 g/mol. The van der Waals surface area contributed by atoms with E-state index in [-0.39, 0.29) is 5.78 Å². The molecule has 4 nitrogen and oxygen atoms in total. The van der Waals surface area contributed by atoms with Crippen LogP contribution < -0.4 is 0 Å². The van der Waals surface area contributed by atoms with E-state index in [0.29, 0.717) is 13.0 Å². The van der Waals surface area contributed by atoms with Crippen LogP contribution in [0.15, 0.2) is 42.5 Å². The lowest BCUT2D eigenvalue weighted by molar-refractivity contribution is -0.112. The number of ketones is 1. The first kappa shape index (κ1) is 19.9. The molecule has 0 atom stereocenters. The van der Waals surface area contributed by atoms with E-state index in [1.807, 2.05) is 24.3 Å². The molecule has 0 saturated heterocycles. The highest BCUT2D eigenvalue weighted by molar-refractivity contribution is 6.31. The summed E-state index contributed by atoms with van der Waals surface area (Å²) < 4.78 is 6.05. The number of hydrogen-bond donors (Lipinski definition) is 0. The van der Waals surface area contributed by atoms with Crippen LogP contribution in [0.2, 0.25) is 0 Å². The highest BCUT2D eigenvalue weighted by Gasteiger charge is 2.32. The van der Waals surface area contributed by atoms with Crippen LogP contribution in [-0.2, 0) is 29.1 Å². The molecular formula is C25H30N2O2. The normalized spacial score (nSPS) is 17.8. The molecule has 29 heavy (non-hydrogen) atoms. The SMILES string of the molecule is CCN(C)CCN(CC)Cc1ccc2c(c1)CO/C2=C1/C(=O)Cc2ccccc21. The fraction of sp³-hybridized carbons (Fsp3) is 0.400. The van der Waals surface area contributed by atoms with Gasteiger partial charge in [-0.25, -0.2) is 0 Å². The minimum atomic E-state index is 0.162. The van der Waals surface area contributed by atoms with Gasteiger partial charge in [0.15, 0.2) is 5.78 Å². The molecule has 0 bridgehead atoms. The molecule has 0 aromatic heterocycles. The van der Waals surface area contributed by atoms with E-state index in [1.54, 1.807) is 0 Å². The standard InChI is InChI=1S/C25H30N2O2/c1-4-26(3)12-13-27(5-2)16-18-10-11-22-20(14-18)17-29-25(22)24-21-9-7-6-8-19(21)15-23(24)28/h6-11,14H,4-5,12-13,15-17H2,1-3H3/b25-24+. The quantitative estimate of drug-likeness (QED) is 0.670. The average Bonchev–Trinajstić information content (AvgIpc) is 3.29. The molecule has 0 N–H and O–H groups in total. The van der Waals surface area contributed by atoms with Crippen LogP contribution in [0, 0.1) is 0 Å². The van der Waals surface area contributed by atoms with Gasteiger partial charge in [0, 0.05) is 37.2 Å². The second-order valence-electron chi connectivity index (χ2n) is 8.01. The number of benzene rings is 2. The maximum absolute atomic E-state index is 12.7. The van der Waals surface area contributed by atoms with Gasteiger partial charge in [0.25, 0.3) is 0 Å². The smallest absolute Gasteiger partial charge is 0.171 e. The first-order valence-electron chi connectivity index (χ1n) is 10.6. The van der Waals surface area contributed by atoms with Gasteiger partial charge in [0.1, 0.15) is 12.4 Å². The van der Waals surface area contributed by atoms with Gasteiger partial charge in [0.2, 0.25) is 0 Å². The van der Waals surface area contributed by atoms with Crippen molar-refractivity contribution in [1.29, 1.82) is 0 Å². The lowest BCUT2D eigenvalue weighted by atomic mass is 9.99. The largest absolute Gasteiger partial charge is 0.487 e. The number of carbonyl (C=O) groups is 1. The van der Waals surface area contributed by atoms with Crippen LogP contribution in [0.5, 0.6) is 0 Å². The molecular weight excluding hydrogens is 360 g/mol. The molecule has 0 saturated carbocycles. The lowest BCUT2D eigenvalue weighted by Gasteiger charge is -2.23. The predicted molar refractivity (Wildman–Crippen MR) is 117 cm³/mol. The van der Waals surface area contributed by atoms with E-state index in [9.17, 15) is 4.79 Å². The van der Waals surface area contributed by atoms with Crippen molar-refractivity contribution in [3.8, 4) is 0 Å². The minimum Gasteiger partial charge on any atom is -0.487 e. The number of fused-ring (bicyclic) bond motifs is 2. The topological polar surface area (TPSA) is 32.8 Å². The van der Waals surface area contributed by atoms with Crippen molar-refractivity contribution >= 4 is 17.1 Å². The number of likely N-dealkylation sites (N-methyl/N-ethyl adjacent to an activating group) is 2. The monoisotopic (exact) mass is 390 g/mol. The summed E-state index contributed by atoms with van der Waals surface area (Å²) >= 11 is 0. The van der Waals surface area contributed by atoms with Gasteiger partial charge < -0.3 is 9.64 Å². The Hall–Kier alpha value is -2.43. The molecule has 0 amide bonds. The van der Waals surface area contributed by atoms with Crippen molar-refractivity contribution < 1.29 is 9.53 Å². The van der Waals surface area contributed by atoms with Crippen LogP contribution >= 0.6 is 0 Å². The molecule has 0 unspecified atom stereocenters. The molecule has 2 aliphatic rings. The molecule has 2 aromatic rings. The molecule has 0 fully saturated rings. The summed E-state index contributed by atoms with van der Waals surface area (Å²) in [5.41, 5.74) is 6.44. The Labute approximate surface area is 173 Å². The number of allylic oxidation sites excluding steroid dienone is 1. The molecule has 0 radical (unpaired) electrons. The second-order valence-corrected chi connectivity index (χ2v) is 8.01. The summed E-state index contributed by atoms with van der Waals surface area (Å²) in [4.78, 5) is 17.5. The maximum atomic E-state index is 12.7. The molecule has 4 heteroatoms. The van der Waals surface area contributed by atoms with Crippen molar-refractivity contribution in [2.45, 2.75) is 33.4 Å². The van der Waals surface area contributed by atoms with E-state index in [4.69, 9.17) is 4.74 Å². The number of carbonyl (C=O) groups excluding carboxylic acids is 1. The predicted octanol–water partition coefficient (Wildman–Crippen LogP) is 3.98. The van der Waals surface area contributed by atoms with Gasteiger partial charge in [-0.3, -0.25) is 9.69 Å². The van der Waals surface area contributed by atoms with E-state index in [1.165, 1.54) is 11.1 Å². The van der Waals surface area contributed by atoms with Crippen LogP contribution in [0.3, 0.4) is 0 Å². The van der Waals surface area contributed by atoms with Crippen LogP contribution in [0.4, 0.5) is 0 Å². The Kier molecular flexibility index (Phi) is 5.84. The van der Waals surface area contributed by atoms with Crippen LogP contribution in [0.1, 0.15) is 41.7 Å². The van der Waals surface area contributed by atoms with Crippen LogP contribution in [0.25, 0.3) is 11.3 Å². The Balaban J connectivity index is 1.56. The van der Waals surface area contributed by atoms with E-state index >= 15 is 0 Å². The Morgan fingerprint density at radius 1 is 0.966 bits per heavy atom. The zero-order valence-electron chi connectivity index (χ0n) is 17.7. The van der Waals surface area contributed by atoms with Gasteiger partial charge >= 0.3 is 0 Å². The van der Waals surface area contributed by atoms with Crippen molar-refractivity contribution in [3.05, 3.63) is 70.3 Å². The third-order valence-electron chi connectivity index (χ3n) is 6.12. The summed E-state index contributed by atoms with van der Waals surface area (Å²) in [6.45, 7) is 10.1. The highest BCUT2D eigenvalue weighted by Crippen LogP contribution is 2.40. The summed E-state index contributed by atoms with van der Waals surface area (Å²) in [5, 5.41) is 0. The van der Waals surface area contributed by atoms with Gasteiger partial charge in [-0.1, -0.05) is 56.3 Å². The molecule has 152 valence electrons. The molecule has 1 aliphatic carbocycles. The number of hydrogen-bond acceptors (Lipinski definition) is 4. The lowest BCUT2D eigenvalue weighted by Crippen LogP contribution is -2.32. The minimum absolute atomic E-state index is 0.162. The first-order chi connectivity index (χ1) is 14.1. The molecule has 4 rings (SSSR count). The first-order valence-corrected chi connectivity index (χ1v) is 10.6. The van der Waals surface area contributed by atoms with Crippen molar-refractivity contribution in [2.24, 2.45) is 0 Å².